The minimum atomic E-state index is 0.0952. The van der Waals surface area contributed by atoms with Crippen LogP contribution in [0.25, 0.3) is 0 Å². The number of hydrogen-bond donors (Lipinski definition) is 2. The number of nitrogens with zero attached hydrogens (tertiary/aromatic N) is 1. The molecule has 0 aliphatic heterocycles. The van der Waals surface area contributed by atoms with E-state index in [-0.39, 0.29) is 23.9 Å². The number of carbonyl (C=O) groups is 2. The molecule has 0 unspecified atom stereocenters. The van der Waals surface area contributed by atoms with E-state index in [0.717, 1.165) is 45.1 Å². The van der Waals surface area contributed by atoms with E-state index in [1.807, 2.05) is 4.90 Å². The summed E-state index contributed by atoms with van der Waals surface area (Å²) in [6, 6.07) is 0.741. The highest BCUT2D eigenvalue weighted by molar-refractivity contribution is 5.78. The zero-order chi connectivity index (χ0) is 15.9. The smallest absolute Gasteiger partial charge is 0.317 e. The first-order valence-corrected chi connectivity index (χ1v) is 8.94. The lowest BCUT2D eigenvalue weighted by Crippen LogP contribution is -2.50. The van der Waals surface area contributed by atoms with Crippen LogP contribution in [0.1, 0.15) is 64.7 Å². The molecular formula is C17H31N3O2. The van der Waals surface area contributed by atoms with Gasteiger partial charge in [-0.25, -0.2) is 4.79 Å². The number of rotatable bonds is 4. The molecule has 126 valence electrons. The van der Waals surface area contributed by atoms with Gasteiger partial charge in [0, 0.05) is 31.6 Å². The van der Waals surface area contributed by atoms with E-state index in [9.17, 15) is 9.59 Å². The third kappa shape index (κ3) is 4.37. The summed E-state index contributed by atoms with van der Waals surface area (Å²) in [4.78, 5) is 26.2. The normalized spacial score (nSPS) is 26.3. The van der Waals surface area contributed by atoms with Crippen LogP contribution < -0.4 is 10.6 Å². The highest BCUT2D eigenvalue weighted by atomic mass is 16.2. The number of nitrogens with one attached hydrogen (secondary N) is 2. The Hall–Kier alpha value is -1.26. The van der Waals surface area contributed by atoms with E-state index in [1.54, 1.807) is 7.05 Å². The molecule has 0 aromatic heterocycles. The van der Waals surface area contributed by atoms with E-state index in [0.29, 0.717) is 6.04 Å². The molecule has 0 aromatic rings. The minimum Gasteiger partial charge on any atom is -0.359 e. The van der Waals surface area contributed by atoms with Crippen molar-refractivity contribution in [2.45, 2.75) is 76.8 Å². The van der Waals surface area contributed by atoms with E-state index in [1.165, 1.54) is 19.3 Å². The average Bonchev–Trinajstić information content (AvgIpc) is 2.56. The van der Waals surface area contributed by atoms with Gasteiger partial charge in [0.25, 0.3) is 0 Å². The predicted octanol–water partition coefficient (Wildman–Crippen LogP) is 2.66. The first-order valence-electron chi connectivity index (χ1n) is 8.94. The largest absolute Gasteiger partial charge is 0.359 e. The van der Waals surface area contributed by atoms with Crippen molar-refractivity contribution in [1.29, 1.82) is 0 Å². The first kappa shape index (κ1) is 17.1. The summed E-state index contributed by atoms with van der Waals surface area (Å²) in [6.45, 7) is 2.85. The SMILES string of the molecule is CCN(C(=O)NC1CCC(C(=O)NC)CC1)C1CCCCC1. The van der Waals surface area contributed by atoms with Crippen molar-refractivity contribution in [3.8, 4) is 0 Å². The molecule has 2 rings (SSSR count). The van der Waals surface area contributed by atoms with E-state index in [2.05, 4.69) is 17.6 Å². The average molecular weight is 309 g/mol. The molecule has 0 heterocycles. The molecule has 0 saturated heterocycles. The van der Waals surface area contributed by atoms with Gasteiger partial charge in [-0.3, -0.25) is 4.79 Å². The Balaban J connectivity index is 1.80. The molecule has 5 heteroatoms. The Morgan fingerprint density at radius 2 is 1.64 bits per heavy atom. The summed E-state index contributed by atoms with van der Waals surface area (Å²) in [6.07, 6.45) is 9.64. The van der Waals surface area contributed by atoms with Gasteiger partial charge in [0.1, 0.15) is 0 Å². The molecule has 22 heavy (non-hydrogen) atoms. The zero-order valence-electron chi connectivity index (χ0n) is 14.1. The van der Waals surface area contributed by atoms with Gasteiger partial charge >= 0.3 is 6.03 Å². The van der Waals surface area contributed by atoms with Gasteiger partial charge in [-0.2, -0.15) is 0 Å². The Labute approximate surface area is 134 Å². The van der Waals surface area contributed by atoms with Crippen molar-refractivity contribution < 1.29 is 9.59 Å². The number of urea groups is 1. The highest BCUT2D eigenvalue weighted by Gasteiger charge is 2.29. The third-order valence-electron chi connectivity index (χ3n) is 5.29. The van der Waals surface area contributed by atoms with Crippen molar-refractivity contribution in [2.24, 2.45) is 5.92 Å². The second-order valence-corrected chi connectivity index (χ2v) is 6.69. The molecule has 2 aliphatic carbocycles. The third-order valence-corrected chi connectivity index (χ3v) is 5.29. The Kier molecular flexibility index (Phi) is 6.52. The standard InChI is InChI=1S/C17H31N3O2/c1-3-20(15-7-5-4-6-8-15)17(22)19-14-11-9-13(10-12-14)16(21)18-2/h13-15H,3-12H2,1-2H3,(H,18,21)(H,19,22). The number of carbonyl (C=O) groups excluding carboxylic acids is 2. The van der Waals surface area contributed by atoms with Gasteiger partial charge in [-0.15, -0.1) is 0 Å². The summed E-state index contributed by atoms with van der Waals surface area (Å²) < 4.78 is 0. The fourth-order valence-corrected chi connectivity index (χ4v) is 3.92. The summed E-state index contributed by atoms with van der Waals surface area (Å²) >= 11 is 0. The number of hydrogen-bond acceptors (Lipinski definition) is 2. The summed E-state index contributed by atoms with van der Waals surface area (Å²) in [5.74, 6) is 0.265. The van der Waals surface area contributed by atoms with Gasteiger partial charge < -0.3 is 15.5 Å². The van der Waals surface area contributed by atoms with Crippen LogP contribution >= 0.6 is 0 Å². The van der Waals surface area contributed by atoms with E-state index < -0.39 is 0 Å². The lowest BCUT2D eigenvalue weighted by atomic mass is 9.85. The molecule has 0 radical (unpaired) electrons. The summed E-state index contributed by atoms with van der Waals surface area (Å²) in [5.41, 5.74) is 0. The fourth-order valence-electron chi connectivity index (χ4n) is 3.92. The molecule has 0 bridgehead atoms. The Morgan fingerprint density at radius 3 is 2.18 bits per heavy atom. The quantitative estimate of drug-likeness (QED) is 0.838. The maximum atomic E-state index is 12.5. The molecule has 0 aromatic carbocycles. The van der Waals surface area contributed by atoms with Crippen molar-refractivity contribution in [2.75, 3.05) is 13.6 Å². The van der Waals surface area contributed by atoms with Crippen molar-refractivity contribution in [1.82, 2.24) is 15.5 Å². The topological polar surface area (TPSA) is 61.4 Å². The molecule has 2 N–H and O–H groups in total. The van der Waals surface area contributed by atoms with Crippen molar-refractivity contribution in [3.05, 3.63) is 0 Å². The maximum absolute atomic E-state index is 12.5. The molecule has 0 spiro atoms. The fraction of sp³-hybridized carbons (Fsp3) is 0.882. The Morgan fingerprint density at radius 1 is 1.00 bits per heavy atom. The summed E-state index contributed by atoms with van der Waals surface area (Å²) in [5, 5.41) is 5.93. The lowest BCUT2D eigenvalue weighted by molar-refractivity contribution is -0.125. The van der Waals surface area contributed by atoms with Crippen LogP contribution in [0.5, 0.6) is 0 Å². The highest BCUT2D eigenvalue weighted by Crippen LogP contribution is 2.26. The summed E-state index contributed by atoms with van der Waals surface area (Å²) in [7, 11) is 1.69. The van der Waals surface area contributed by atoms with Crippen LogP contribution in [-0.4, -0.2) is 42.5 Å². The molecule has 0 atom stereocenters. The zero-order valence-corrected chi connectivity index (χ0v) is 14.1. The van der Waals surface area contributed by atoms with Crippen LogP contribution in [0, 0.1) is 5.92 Å². The molecule has 2 fully saturated rings. The van der Waals surface area contributed by atoms with E-state index >= 15 is 0 Å². The van der Waals surface area contributed by atoms with Crippen molar-refractivity contribution >= 4 is 11.9 Å². The van der Waals surface area contributed by atoms with Gasteiger partial charge in [-0.1, -0.05) is 19.3 Å². The van der Waals surface area contributed by atoms with Gasteiger partial charge in [0.15, 0.2) is 0 Å². The van der Waals surface area contributed by atoms with E-state index in [4.69, 9.17) is 0 Å². The second kappa shape index (κ2) is 8.39. The van der Waals surface area contributed by atoms with Crippen LogP contribution in [0.15, 0.2) is 0 Å². The second-order valence-electron chi connectivity index (χ2n) is 6.69. The maximum Gasteiger partial charge on any atom is 0.317 e. The van der Waals surface area contributed by atoms with Crippen LogP contribution in [0.2, 0.25) is 0 Å². The van der Waals surface area contributed by atoms with Crippen molar-refractivity contribution in [3.63, 3.8) is 0 Å². The number of amides is 3. The van der Waals surface area contributed by atoms with Gasteiger partial charge in [0.2, 0.25) is 5.91 Å². The lowest BCUT2D eigenvalue weighted by Gasteiger charge is -2.36. The van der Waals surface area contributed by atoms with Crippen LogP contribution in [0.3, 0.4) is 0 Å². The Bertz CT molecular complexity index is 372. The van der Waals surface area contributed by atoms with Crippen LogP contribution in [-0.2, 0) is 4.79 Å². The molecular weight excluding hydrogens is 278 g/mol. The van der Waals surface area contributed by atoms with Gasteiger partial charge in [-0.05, 0) is 45.4 Å². The molecule has 2 saturated carbocycles. The van der Waals surface area contributed by atoms with Gasteiger partial charge in [0.05, 0.1) is 0 Å². The molecule has 5 nitrogen and oxygen atoms in total. The monoisotopic (exact) mass is 309 g/mol. The first-order chi connectivity index (χ1) is 10.7. The molecule has 2 aliphatic rings. The minimum absolute atomic E-state index is 0.0952. The molecule has 3 amide bonds. The van der Waals surface area contributed by atoms with Crippen LogP contribution in [0.4, 0.5) is 4.79 Å². The predicted molar refractivity (Wildman–Crippen MR) is 87.6 cm³/mol.